The highest BCUT2D eigenvalue weighted by atomic mass is 79.9. The Morgan fingerprint density at radius 2 is 1.50 bits per heavy atom. The molecule has 0 saturated heterocycles. The Morgan fingerprint density at radius 3 is 2.19 bits per heavy atom. The maximum Gasteiger partial charge on any atom is 0.252 e. The van der Waals surface area contributed by atoms with E-state index >= 15 is 0 Å². The zero-order chi connectivity index (χ0) is 18.2. The molecule has 2 nitrogen and oxygen atoms in total. The number of thioether (sulfide) groups is 1. The SMILES string of the molecule is O=C(NCC(SCc1ccccc1)c1ccccc1)c1ccccc1Br. The lowest BCUT2D eigenvalue weighted by molar-refractivity contribution is 0.0953. The molecule has 26 heavy (non-hydrogen) atoms. The van der Waals surface area contributed by atoms with Crippen LogP contribution < -0.4 is 5.32 Å². The Balaban J connectivity index is 1.68. The highest BCUT2D eigenvalue weighted by molar-refractivity contribution is 9.10. The highest BCUT2D eigenvalue weighted by Crippen LogP contribution is 2.31. The molecule has 4 heteroatoms. The third kappa shape index (κ3) is 5.23. The van der Waals surface area contributed by atoms with Gasteiger partial charge in [-0.1, -0.05) is 72.8 Å². The van der Waals surface area contributed by atoms with E-state index in [1.165, 1.54) is 11.1 Å². The third-order valence-electron chi connectivity index (χ3n) is 4.03. The number of hydrogen-bond acceptors (Lipinski definition) is 2. The summed E-state index contributed by atoms with van der Waals surface area (Å²) in [5, 5.41) is 3.28. The van der Waals surface area contributed by atoms with Crippen LogP contribution in [0.4, 0.5) is 0 Å². The second kappa shape index (κ2) is 9.60. The van der Waals surface area contributed by atoms with Gasteiger partial charge in [0.25, 0.3) is 5.91 Å². The Kier molecular flexibility index (Phi) is 6.92. The van der Waals surface area contributed by atoms with Crippen LogP contribution >= 0.6 is 27.7 Å². The van der Waals surface area contributed by atoms with Crippen LogP contribution in [-0.4, -0.2) is 12.5 Å². The van der Waals surface area contributed by atoms with Gasteiger partial charge < -0.3 is 5.32 Å². The summed E-state index contributed by atoms with van der Waals surface area (Å²) in [6.45, 7) is 0.585. The van der Waals surface area contributed by atoms with Crippen molar-refractivity contribution in [3.8, 4) is 0 Å². The number of halogens is 1. The standard InChI is InChI=1S/C22H20BrNOS/c23-20-14-8-7-13-19(20)22(25)24-15-21(18-11-5-2-6-12-18)26-16-17-9-3-1-4-10-17/h1-14,21H,15-16H2,(H,24,25). The zero-order valence-corrected chi connectivity index (χ0v) is 16.7. The second-order valence-electron chi connectivity index (χ2n) is 5.89. The molecular weight excluding hydrogens is 406 g/mol. The van der Waals surface area contributed by atoms with Gasteiger partial charge in [0.05, 0.1) is 5.56 Å². The highest BCUT2D eigenvalue weighted by Gasteiger charge is 2.15. The number of rotatable bonds is 7. The van der Waals surface area contributed by atoms with Crippen LogP contribution in [0.1, 0.15) is 26.7 Å². The van der Waals surface area contributed by atoms with E-state index < -0.39 is 0 Å². The van der Waals surface area contributed by atoms with E-state index in [0.29, 0.717) is 12.1 Å². The van der Waals surface area contributed by atoms with Crippen LogP contribution in [0.3, 0.4) is 0 Å². The first-order valence-electron chi connectivity index (χ1n) is 8.47. The lowest BCUT2D eigenvalue weighted by Crippen LogP contribution is -2.27. The van der Waals surface area contributed by atoms with E-state index in [1.807, 2.05) is 60.3 Å². The Morgan fingerprint density at radius 1 is 0.885 bits per heavy atom. The van der Waals surface area contributed by atoms with Gasteiger partial charge in [0.2, 0.25) is 0 Å². The molecule has 3 aromatic rings. The fourth-order valence-electron chi connectivity index (χ4n) is 2.64. The second-order valence-corrected chi connectivity index (χ2v) is 7.93. The minimum Gasteiger partial charge on any atom is -0.351 e. The van der Waals surface area contributed by atoms with Crippen molar-refractivity contribution in [2.45, 2.75) is 11.0 Å². The molecule has 0 aliphatic rings. The Labute approximate surface area is 167 Å². The van der Waals surface area contributed by atoms with Crippen molar-refractivity contribution >= 4 is 33.6 Å². The lowest BCUT2D eigenvalue weighted by atomic mass is 10.1. The Hall–Kier alpha value is -2.04. The molecule has 0 aliphatic heterocycles. The van der Waals surface area contributed by atoms with Crippen LogP contribution in [0, 0.1) is 0 Å². The average molecular weight is 426 g/mol. The molecule has 0 heterocycles. The number of amides is 1. The minimum absolute atomic E-state index is 0.0567. The molecule has 0 aliphatic carbocycles. The Bertz CT molecular complexity index is 839. The van der Waals surface area contributed by atoms with Gasteiger partial charge in [0, 0.05) is 22.0 Å². The first kappa shape index (κ1) is 18.7. The molecule has 0 bridgehead atoms. The number of hydrogen-bond donors (Lipinski definition) is 1. The van der Waals surface area contributed by atoms with Crippen molar-refractivity contribution in [3.05, 3.63) is 106 Å². The molecule has 0 radical (unpaired) electrons. The largest absolute Gasteiger partial charge is 0.351 e. The minimum atomic E-state index is -0.0567. The van der Waals surface area contributed by atoms with E-state index in [-0.39, 0.29) is 11.2 Å². The molecule has 0 aromatic heterocycles. The van der Waals surface area contributed by atoms with Gasteiger partial charge in [-0.2, -0.15) is 0 Å². The molecule has 132 valence electrons. The lowest BCUT2D eigenvalue weighted by Gasteiger charge is -2.18. The van der Waals surface area contributed by atoms with E-state index in [1.54, 1.807) is 0 Å². The number of nitrogens with one attached hydrogen (secondary N) is 1. The van der Waals surface area contributed by atoms with Crippen molar-refractivity contribution in [3.63, 3.8) is 0 Å². The van der Waals surface area contributed by atoms with E-state index in [4.69, 9.17) is 0 Å². The summed E-state index contributed by atoms with van der Waals surface area (Å²) in [4.78, 5) is 12.5. The first-order chi connectivity index (χ1) is 12.7. The number of carbonyl (C=O) groups excluding carboxylic acids is 1. The molecule has 1 atom stereocenters. The van der Waals surface area contributed by atoms with E-state index in [2.05, 4.69) is 57.6 Å². The van der Waals surface area contributed by atoms with Crippen LogP contribution in [0.25, 0.3) is 0 Å². The fraction of sp³-hybridized carbons (Fsp3) is 0.136. The number of carbonyl (C=O) groups is 1. The quantitative estimate of drug-likeness (QED) is 0.513. The van der Waals surface area contributed by atoms with Gasteiger partial charge >= 0.3 is 0 Å². The molecule has 1 unspecified atom stereocenters. The summed E-state index contributed by atoms with van der Waals surface area (Å²) in [6.07, 6.45) is 0. The predicted molar refractivity (Wildman–Crippen MR) is 113 cm³/mol. The third-order valence-corrected chi connectivity index (χ3v) is 6.06. The van der Waals surface area contributed by atoms with Crippen molar-refractivity contribution in [2.24, 2.45) is 0 Å². The van der Waals surface area contributed by atoms with Gasteiger partial charge in [-0.25, -0.2) is 0 Å². The summed E-state index contributed by atoms with van der Waals surface area (Å²) in [5.74, 6) is 0.851. The summed E-state index contributed by atoms with van der Waals surface area (Å²) in [5.41, 5.74) is 3.17. The summed E-state index contributed by atoms with van der Waals surface area (Å²) < 4.78 is 0.811. The molecule has 0 fully saturated rings. The van der Waals surface area contributed by atoms with Crippen molar-refractivity contribution in [2.75, 3.05) is 6.54 Å². The smallest absolute Gasteiger partial charge is 0.252 e. The molecular formula is C22H20BrNOS. The van der Waals surface area contributed by atoms with Crippen LogP contribution in [0.5, 0.6) is 0 Å². The summed E-state index contributed by atoms with van der Waals surface area (Å²) in [7, 11) is 0. The van der Waals surface area contributed by atoms with E-state index in [0.717, 1.165) is 10.2 Å². The molecule has 1 N–H and O–H groups in total. The van der Waals surface area contributed by atoms with Gasteiger partial charge in [-0.15, -0.1) is 11.8 Å². The number of benzene rings is 3. The fourth-order valence-corrected chi connectivity index (χ4v) is 4.24. The summed E-state index contributed by atoms with van der Waals surface area (Å²) >= 11 is 5.29. The topological polar surface area (TPSA) is 29.1 Å². The van der Waals surface area contributed by atoms with Gasteiger partial charge in [0.1, 0.15) is 0 Å². The average Bonchev–Trinajstić information content (AvgIpc) is 2.69. The molecule has 0 spiro atoms. The first-order valence-corrected chi connectivity index (χ1v) is 10.3. The van der Waals surface area contributed by atoms with Crippen LogP contribution in [0.15, 0.2) is 89.4 Å². The van der Waals surface area contributed by atoms with Crippen LogP contribution in [0.2, 0.25) is 0 Å². The maximum absolute atomic E-state index is 12.5. The molecule has 1 amide bonds. The normalized spacial score (nSPS) is 11.7. The maximum atomic E-state index is 12.5. The molecule has 3 rings (SSSR count). The van der Waals surface area contributed by atoms with Crippen LogP contribution in [-0.2, 0) is 5.75 Å². The summed E-state index contributed by atoms with van der Waals surface area (Å²) in [6, 6.07) is 28.2. The van der Waals surface area contributed by atoms with Gasteiger partial charge in [0.15, 0.2) is 0 Å². The molecule has 3 aromatic carbocycles. The van der Waals surface area contributed by atoms with Crippen molar-refractivity contribution in [1.29, 1.82) is 0 Å². The molecule has 0 saturated carbocycles. The predicted octanol–water partition coefficient (Wildman–Crippen LogP) is 5.85. The zero-order valence-electron chi connectivity index (χ0n) is 14.3. The van der Waals surface area contributed by atoms with Crippen molar-refractivity contribution < 1.29 is 4.79 Å². The van der Waals surface area contributed by atoms with Gasteiger partial charge in [-0.05, 0) is 39.2 Å². The van der Waals surface area contributed by atoms with Crippen molar-refractivity contribution in [1.82, 2.24) is 5.32 Å². The van der Waals surface area contributed by atoms with Gasteiger partial charge in [-0.3, -0.25) is 4.79 Å². The monoisotopic (exact) mass is 425 g/mol. The van der Waals surface area contributed by atoms with E-state index in [9.17, 15) is 4.79 Å².